The van der Waals surface area contributed by atoms with E-state index in [0.29, 0.717) is 0 Å². The second-order valence-corrected chi connectivity index (χ2v) is 5.70. The fourth-order valence-corrected chi connectivity index (χ4v) is 2.11. The van der Waals surface area contributed by atoms with Gasteiger partial charge in [0.1, 0.15) is 6.54 Å². The van der Waals surface area contributed by atoms with E-state index in [1.807, 2.05) is 0 Å². The number of quaternary nitrogens is 2. The average molecular weight is 343 g/mol. The number of rotatable bonds is 10. The minimum atomic E-state index is 0. The summed E-state index contributed by atoms with van der Waals surface area (Å²) in [6.45, 7) is 15.1. The molecule has 0 amide bonds. The van der Waals surface area contributed by atoms with Crippen molar-refractivity contribution >= 4 is 0 Å². The van der Waals surface area contributed by atoms with Gasteiger partial charge in [-0.1, -0.05) is 44.6 Å². The highest BCUT2D eigenvalue weighted by atomic mass is 16.5. The Labute approximate surface area is 153 Å². The molecular formula is C20H58N2O+2. The standard InChI is InChI=1S/C14H34N2O.6CH4/c1-7-15(4,8-2)11-10-12-16(5,9-3)13-14-17-6;;;;;;/h7-14H2,1-6H3;6*1H4/q+2;;;;;;. The molecule has 0 rings (SSSR count). The third-order valence-corrected chi connectivity index (χ3v) is 4.52. The first-order valence-corrected chi connectivity index (χ1v) is 7.11. The van der Waals surface area contributed by atoms with Gasteiger partial charge in [-0.2, -0.15) is 0 Å². The second kappa shape index (κ2) is 21.9. The molecule has 0 saturated carbocycles. The van der Waals surface area contributed by atoms with Crippen molar-refractivity contribution in [3.05, 3.63) is 0 Å². The van der Waals surface area contributed by atoms with Gasteiger partial charge in [-0.15, -0.1) is 0 Å². The zero-order valence-corrected chi connectivity index (χ0v) is 13.0. The van der Waals surface area contributed by atoms with Crippen LogP contribution in [0.1, 0.15) is 71.8 Å². The number of likely N-dealkylation sites (N-methyl/N-ethyl adjacent to an activating group) is 1. The molecule has 1 unspecified atom stereocenters. The van der Waals surface area contributed by atoms with Crippen LogP contribution in [0.2, 0.25) is 0 Å². The number of methoxy groups -OCH3 is 1. The average Bonchev–Trinajstić information content (AvgIpc) is 2.36. The number of hydrogen-bond acceptors (Lipinski definition) is 1. The lowest BCUT2D eigenvalue weighted by Crippen LogP contribution is -2.50. The Balaban J connectivity index is -0.0000000853. The first-order valence-electron chi connectivity index (χ1n) is 7.11. The molecule has 0 aromatic carbocycles. The molecule has 152 valence electrons. The van der Waals surface area contributed by atoms with Crippen LogP contribution in [0.25, 0.3) is 0 Å². The summed E-state index contributed by atoms with van der Waals surface area (Å²) in [5.41, 5.74) is 0. The molecule has 0 aliphatic rings. The summed E-state index contributed by atoms with van der Waals surface area (Å²) in [5, 5.41) is 0. The molecular weight excluding hydrogens is 284 g/mol. The van der Waals surface area contributed by atoms with Gasteiger partial charge in [-0.25, -0.2) is 0 Å². The monoisotopic (exact) mass is 342 g/mol. The molecule has 1 atom stereocenters. The Bertz CT molecular complexity index is 194. The largest absolute Gasteiger partial charge is 0.379 e. The Morgan fingerprint density at radius 2 is 0.957 bits per heavy atom. The van der Waals surface area contributed by atoms with E-state index in [9.17, 15) is 0 Å². The Morgan fingerprint density at radius 1 is 0.609 bits per heavy atom. The van der Waals surface area contributed by atoms with Crippen LogP contribution in [0, 0.1) is 0 Å². The summed E-state index contributed by atoms with van der Waals surface area (Å²) in [7, 11) is 6.51. The molecule has 0 heterocycles. The molecule has 23 heavy (non-hydrogen) atoms. The number of hydrogen-bond donors (Lipinski definition) is 0. The molecule has 0 aromatic heterocycles. The van der Waals surface area contributed by atoms with Gasteiger partial charge in [-0.05, 0) is 20.8 Å². The maximum atomic E-state index is 5.21. The van der Waals surface area contributed by atoms with Crippen LogP contribution in [0.3, 0.4) is 0 Å². The van der Waals surface area contributed by atoms with Gasteiger partial charge in [-0.3, -0.25) is 0 Å². The highest BCUT2D eigenvalue weighted by Crippen LogP contribution is 2.08. The van der Waals surface area contributed by atoms with Gasteiger partial charge >= 0.3 is 0 Å². The molecule has 0 aliphatic heterocycles. The smallest absolute Gasteiger partial charge is 0.102 e. The normalized spacial score (nSPS) is 11.7. The van der Waals surface area contributed by atoms with Crippen LogP contribution in [0.15, 0.2) is 0 Å². The first-order chi connectivity index (χ1) is 7.95. The first kappa shape index (κ1) is 43.4. The molecule has 0 saturated heterocycles. The van der Waals surface area contributed by atoms with E-state index < -0.39 is 0 Å². The summed E-state index contributed by atoms with van der Waals surface area (Å²) in [4.78, 5) is 0. The van der Waals surface area contributed by atoms with Crippen molar-refractivity contribution in [1.29, 1.82) is 0 Å². The van der Waals surface area contributed by atoms with Gasteiger partial charge in [0.15, 0.2) is 0 Å². The van der Waals surface area contributed by atoms with E-state index in [4.69, 9.17) is 4.74 Å². The van der Waals surface area contributed by atoms with Gasteiger partial charge in [0.05, 0.1) is 53.4 Å². The highest BCUT2D eigenvalue weighted by molar-refractivity contribution is 4.42. The lowest BCUT2D eigenvalue weighted by atomic mass is 10.2. The molecule has 0 spiro atoms. The van der Waals surface area contributed by atoms with Crippen molar-refractivity contribution in [2.75, 3.05) is 67.1 Å². The minimum absolute atomic E-state index is 0. The summed E-state index contributed by atoms with van der Waals surface area (Å²) in [5.74, 6) is 0. The summed E-state index contributed by atoms with van der Waals surface area (Å²) >= 11 is 0. The van der Waals surface area contributed by atoms with Crippen molar-refractivity contribution in [2.24, 2.45) is 0 Å². The highest BCUT2D eigenvalue weighted by Gasteiger charge is 2.22. The van der Waals surface area contributed by atoms with Gasteiger partial charge in [0.2, 0.25) is 0 Å². The Hall–Kier alpha value is -0.120. The van der Waals surface area contributed by atoms with Crippen molar-refractivity contribution in [2.45, 2.75) is 71.8 Å². The fraction of sp³-hybridized carbons (Fsp3) is 1.00. The van der Waals surface area contributed by atoms with Crippen molar-refractivity contribution < 1.29 is 13.7 Å². The van der Waals surface area contributed by atoms with Crippen molar-refractivity contribution in [3.8, 4) is 0 Å². The lowest BCUT2D eigenvalue weighted by molar-refractivity contribution is -0.925. The van der Waals surface area contributed by atoms with Gasteiger partial charge < -0.3 is 13.7 Å². The quantitative estimate of drug-likeness (QED) is 0.456. The molecule has 0 radical (unpaired) electrons. The van der Waals surface area contributed by atoms with E-state index in [-0.39, 0.29) is 44.6 Å². The van der Waals surface area contributed by atoms with Crippen LogP contribution >= 0.6 is 0 Å². The third-order valence-electron chi connectivity index (χ3n) is 4.52. The fourth-order valence-electron chi connectivity index (χ4n) is 2.11. The van der Waals surface area contributed by atoms with Crippen molar-refractivity contribution in [3.63, 3.8) is 0 Å². The predicted molar refractivity (Wildman–Crippen MR) is 115 cm³/mol. The topological polar surface area (TPSA) is 9.23 Å². The molecule has 0 aliphatic carbocycles. The molecule has 0 N–H and O–H groups in total. The Morgan fingerprint density at radius 3 is 1.26 bits per heavy atom. The van der Waals surface area contributed by atoms with E-state index in [0.717, 1.165) is 17.6 Å². The van der Waals surface area contributed by atoms with E-state index >= 15 is 0 Å². The van der Waals surface area contributed by atoms with E-state index in [1.54, 1.807) is 7.11 Å². The van der Waals surface area contributed by atoms with Crippen molar-refractivity contribution in [1.82, 2.24) is 0 Å². The van der Waals surface area contributed by atoms with Crippen LogP contribution in [-0.4, -0.2) is 76.0 Å². The Kier molecular flexibility index (Phi) is 41.3. The molecule has 0 bridgehead atoms. The van der Waals surface area contributed by atoms with E-state index in [2.05, 4.69) is 34.9 Å². The molecule has 3 nitrogen and oxygen atoms in total. The minimum Gasteiger partial charge on any atom is -0.379 e. The zero-order chi connectivity index (χ0) is 13.4. The van der Waals surface area contributed by atoms with Crippen LogP contribution in [0.5, 0.6) is 0 Å². The second-order valence-electron chi connectivity index (χ2n) is 5.70. The third kappa shape index (κ3) is 18.1. The van der Waals surface area contributed by atoms with Crippen LogP contribution in [0.4, 0.5) is 0 Å². The van der Waals surface area contributed by atoms with Crippen LogP contribution in [-0.2, 0) is 4.74 Å². The summed E-state index contributed by atoms with van der Waals surface area (Å²) < 4.78 is 7.55. The summed E-state index contributed by atoms with van der Waals surface area (Å²) in [6, 6.07) is 0. The lowest BCUT2D eigenvalue weighted by Gasteiger charge is -2.36. The van der Waals surface area contributed by atoms with Crippen LogP contribution < -0.4 is 0 Å². The molecule has 3 heteroatoms. The summed E-state index contributed by atoms with van der Waals surface area (Å²) in [6.07, 6.45) is 1.31. The molecule has 0 fully saturated rings. The zero-order valence-electron chi connectivity index (χ0n) is 13.0. The maximum absolute atomic E-state index is 5.21. The predicted octanol–water partition coefficient (Wildman–Crippen LogP) is 5.79. The number of nitrogens with zero attached hydrogens (tertiary/aromatic N) is 2. The SMILES string of the molecule is C.C.C.C.C.C.CC[N+](C)(CC)CCC[N+](C)(CC)CCOC. The van der Waals surface area contributed by atoms with Gasteiger partial charge in [0.25, 0.3) is 0 Å². The van der Waals surface area contributed by atoms with Gasteiger partial charge in [0, 0.05) is 13.5 Å². The molecule has 0 aromatic rings. The van der Waals surface area contributed by atoms with E-state index in [1.165, 1.54) is 43.6 Å². The number of ether oxygens (including phenoxy) is 1. The maximum Gasteiger partial charge on any atom is 0.102 e.